The first kappa shape index (κ1) is 23.2. The fourth-order valence-electron chi connectivity index (χ4n) is 4.80. The van der Waals surface area contributed by atoms with Crippen molar-refractivity contribution in [3.8, 4) is 0 Å². The van der Waals surface area contributed by atoms with Crippen LogP contribution in [0.15, 0.2) is 49.2 Å². The summed E-state index contributed by atoms with van der Waals surface area (Å²) >= 11 is 0. The number of piperidine rings is 1. The zero-order chi connectivity index (χ0) is 24.7. The predicted octanol–water partition coefficient (Wildman–Crippen LogP) is 6.71. The minimum absolute atomic E-state index is 0.123. The normalized spacial score (nSPS) is 16.5. The van der Waals surface area contributed by atoms with Crippen LogP contribution >= 0.6 is 0 Å². The Kier molecular flexibility index (Phi) is 5.91. The Morgan fingerprint density at radius 3 is 2.63 bits per heavy atom. The summed E-state index contributed by atoms with van der Waals surface area (Å²) in [6, 6.07) is 11.9. The van der Waals surface area contributed by atoms with Crippen molar-refractivity contribution in [2.45, 2.75) is 45.3 Å². The van der Waals surface area contributed by atoms with Crippen molar-refractivity contribution in [2.75, 3.05) is 23.3 Å². The monoisotopic (exact) mass is 479 g/mol. The maximum atomic E-state index is 13.9. The summed E-state index contributed by atoms with van der Waals surface area (Å²) < 4.78 is 43.1. The lowest BCUT2D eigenvalue weighted by molar-refractivity contribution is -0.0222. The number of aromatic nitrogens is 3. The summed E-state index contributed by atoms with van der Waals surface area (Å²) in [5.74, 6) is -2.16. The van der Waals surface area contributed by atoms with E-state index in [0.29, 0.717) is 11.6 Å². The van der Waals surface area contributed by atoms with Crippen molar-refractivity contribution in [2.24, 2.45) is 0 Å². The summed E-state index contributed by atoms with van der Waals surface area (Å²) in [5.41, 5.74) is 5.51. The Balaban J connectivity index is 1.67. The Labute approximate surface area is 202 Å². The second-order valence-electron chi connectivity index (χ2n) is 9.22. The minimum Gasteiger partial charge on any atom is -0.378 e. The molecular weight excluding hydrogens is 451 g/mol. The van der Waals surface area contributed by atoms with Gasteiger partial charge in [-0.2, -0.15) is 0 Å². The third kappa shape index (κ3) is 4.33. The second kappa shape index (κ2) is 8.91. The Morgan fingerprint density at radius 2 is 1.91 bits per heavy atom. The number of rotatable bonds is 6. The average Bonchev–Trinajstić information content (AvgIpc) is 3.29. The molecule has 1 saturated heterocycles. The zero-order valence-corrected chi connectivity index (χ0v) is 19.9. The molecular formula is C27H28F3N5. The van der Waals surface area contributed by atoms with E-state index in [4.69, 9.17) is 4.98 Å². The molecule has 1 aliphatic heterocycles. The lowest BCUT2D eigenvalue weighted by atomic mass is 10.0. The fourth-order valence-corrected chi connectivity index (χ4v) is 4.80. The molecule has 1 N–H and O–H groups in total. The molecule has 1 aliphatic rings. The Hall–Kier alpha value is -3.55. The largest absolute Gasteiger partial charge is 0.378 e. The van der Waals surface area contributed by atoms with Gasteiger partial charge in [0.1, 0.15) is 12.3 Å². The van der Waals surface area contributed by atoms with Gasteiger partial charge in [0.2, 0.25) is 5.95 Å². The zero-order valence-electron chi connectivity index (χ0n) is 19.9. The van der Waals surface area contributed by atoms with Gasteiger partial charge in [-0.15, -0.1) is 0 Å². The number of para-hydroxylation sites is 1. The third-order valence-electron chi connectivity index (χ3n) is 6.64. The highest BCUT2D eigenvalue weighted by Crippen LogP contribution is 2.35. The molecule has 0 radical (unpaired) electrons. The van der Waals surface area contributed by atoms with E-state index in [-0.39, 0.29) is 37.7 Å². The van der Waals surface area contributed by atoms with Crippen LogP contribution in [-0.2, 0) is 6.67 Å². The topological polar surface area (TPSA) is 45.5 Å². The van der Waals surface area contributed by atoms with Crippen LogP contribution in [0.3, 0.4) is 0 Å². The van der Waals surface area contributed by atoms with Crippen molar-refractivity contribution < 1.29 is 13.2 Å². The first-order chi connectivity index (χ1) is 16.8. The number of hydrogen-bond acceptors (Lipinski definition) is 4. The van der Waals surface area contributed by atoms with Gasteiger partial charge in [0.05, 0.1) is 17.3 Å². The van der Waals surface area contributed by atoms with Crippen LogP contribution in [0.4, 0.5) is 24.8 Å². The van der Waals surface area contributed by atoms with Crippen molar-refractivity contribution in [1.82, 2.24) is 14.4 Å². The quantitative estimate of drug-likeness (QED) is 0.334. The number of imidazole rings is 1. The van der Waals surface area contributed by atoms with Crippen LogP contribution in [0.5, 0.6) is 0 Å². The van der Waals surface area contributed by atoms with E-state index in [1.807, 2.05) is 42.2 Å². The molecule has 1 atom stereocenters. The number of hydrogen-bond donors (Lipinski definition) is 1. The van der Waals surface area contributed by atoms with Crippen molar-refractivity contribution in [1.29, 1.82) is 0 Å². The number of nitrogens with zero attached hydrogens (tertiary/aromatic N) is 4. The average molecular weight is 480 g/mol. The molecule has 0 aliphatic carbocycles. The van der Waals surface area contributed by atoms with Gasteiger partial charge in [0.15, 0.2) is 0 Å². The third-order valence-corrected chi connectivity index (χ3v) is 6.64. The molecule has 2 aromatic carbocycles. The molecule has 0 spiro atoms. The number of anilines is 2. The van der Waals surface area contributed by atoms with Gasteiger partial charge >= 0.3 is 0 Å². The summed E-state index contributed by atoms with van der Waals surface area (Å²) in [4.78, 5) is 11.4. The summed E-state index contributed by atoms with van der Waals surface area (Å²) in [5, 5.41) is 4.36. The summed E-state index contributed by atoms with van der Waals surface area (Å²) in [6.07, 6.45) is 2.94. The molecule has 5 rings (SSSR count). The van der Waals surface area contributed by atoms with E-state index in [2.05, 4.69) is 29.9 Å². The lowest BCUT2D eigenvalue weighted by Crippen LogP contribution is -2.40. The van der Waals surface area contributed by atoms with Crippen LogP contribution in [0.2, 0.25) is 0 Å². The minimum atomic E-state index is -2.68. The smallest absolute Gasteiger partial charge is 0.251 e. The standard InChI is InChI=1S/C27H28F3N5/c1-4-19-7-5-6-8-23(19)31-18(3)21-13-17(2)14-22-24(21)33-26(34-11-9-27(29,30)10-12-34)35-16-20(15-28)32-25(22)35/h4-8,13-14,16,18,31H,1,9-12,15H2,2-3H3. The SMILES string of the molecule is C=Cc1ccccc1NC(C)c1cc(C)cc2c1nc(N1CCC(F)(F)CC1)n1cc(CF)nc21. The Bertz CT molecular complexity index is 1400. The molecule has 2 aromatic heterocycles. The highest BCUT2D eigenvalue weighted by atomic mass is 19.3. The molecule has 0 bridgehead atoms. The van der Waals surface area contributed by atoms with Gasteiger partial charge in [-0.05, 0) is 37.1 Å². The van der Waals surface area contributed by atoms with Crippen LogP contribution in [0.25, 0.3) is 22.6 Å². The second-order valence-corrected chi connectivity index (χ2v) is 9.22. The van der Waals surface area contributed by atoms with E-state index in [1.165, 1.54) is 0 Å². The van der Waals surface area contributed by atoms with E-state index in [9.17, 15) is 13.2 Å². The lowest BCUT2D eigenvalue weighted by Gasteiger charge is -2.33. The van der Waals surface area contributed by atoms with E-state index < -0.39 is 12.6 Å². The van der Waals surface area contributed by atoms with E-state index >= 15 is 0 Å². The molecule has 8 heteroatoms. The Morgan fingerprint density at radius 1 is 1.17 bits per heavy atom. The number of nitrogens with one attached hydrogen (secondary N) is 1. The van der Waals surface area contributed by atoms with Crippen LogP contribution in [0.1, 0.15) is 48.2 Å². The maximum absolute atomic E-state index is 13.9. The van der Waals surface area contributed by atoms with Crippen molar-refractivity contribution >= 4 is 34.3 Å². The first-order valence-electron chi connectivity index (χ1n) is 11.8. The summed E-state index contributed by atoms with van der Waals surface area (Å²) in [7, 11) is 0. The molecule has 5 nitrogen and oxygen atoms in total. The maximum Gasteiger partial charge on any atom is 0.251 e. The molecule has 1 unspecified atom stereocenters. The number of aryl methyl sites for hydroxylation is 1. The van der Waals surface area contributed by atoms with Gasteiger partial charge in [0.25, 0.3) is 5.92 Å². The van der Waals surface area contributed by atoms with Gasteiger partial charge in [-0.25, -0.2) is 23.1 Å². The summed E-state index contributed by atoms with van der Waals surface area (Å²) in [6.45, 7) is 7.59. The van der Waals surface area contributed by atoms with Crippen LogP contribution in [-0.4, -0.2) is 33.4 Å². The molecule has 0 amide bonds. The molecule has 0 saturated carbocycles. The molecule has 182 valence electrons. The molecule has 1 fully saturated rings. The highest BCUT2D eigenvalue weighted by molar-refractivity contribution is 5.95. The van der Waals surface area contributed by atoms with Crippen LogP contribution in [0, 0.1) is 6.92 Å². The predicted molar refractivity (Wildman–Crippen MR) is 135 cm³/mol. The van der Waals surface area contributed by atoms with Gasteiger partial charge < -0.3 is 10.2 Å². The molecule has 4 aromatic rings. The number of alkyl halides is 3. The van der Waals surface area contributed by atoms with E-state index in [1.54, 1.807) is 16.7 Å². The highest BCUT2D eigenvalue weighted by Gasteiger charge is 2.35. The number of benzene rings is 2. The van der Waals surface area contributed by atoms with Crippen LogP contribution < -0.4 is 10.2 Å². The number of fused-ring (bicyclic) bond motifs is 3. The molecule has 3 heterocycles. The van der Waals surface area contributed by atoms with E-state index in [0.717, 1.165) is 33.3 Å². The van der Waals surface area contributed by atoms with Gasteiger partial charge in [-0.1, -0.05) is 36.9 Å². The number of halogens is 3. The van der Waals surface area contributed by atoms with Gasteiger partial charge in [-0.3, -0.25) is 4.40 Å². The van der Waals surface area contributed by atoms with Crippen molar-refractivity contribution in [3.63, 3.8) is 0 Å². The van der Waals surface area contributed by atoms with Crippen molar-refractivity contribution in [3.05, 3.63) is 71.6 Å². The fraction of sp³-hybridized carbons (Fsp3) is 0.333. The molecule has 35 heavy (non-hydrogen) atoms. The first-order valence-corrected chi connectivity index (χ1v) is 11.8. The van der Waals surface area contributed by atoms with Gasteiger partial charge in [0, 0.05) is 48.8 Å².